The number of esters is 1. The minimum atomic E-state index is -0.669. The first-order chi connectivity index (χ1) is 30.7. The number of piperidine rings is 4. The van der Waals surface area contributed by atoms with E-state index in [0.29, 0.717) is 0 Å². The number of fused-ring (bicyclic) bond motifs is 4. The van der Waals surface area contributed by atoms with Crippen LogP contribution in [0.15, 0.2) is 97.1 Å². The molecule has 4 aliphatic carbocycles. The molecule has 5 heterocycles. The van der Waals surface area contributed by atoms with Crippen molar-refractivity contribution < 1.29 is 9.53 Å². The number of anilines is 4. The molecule has 6 nitrogen and oxygen atoms in total. The SMILES string of the molecule is O=C1OC23c4c1c1c5c(c4C2C3(c2ccc(N3CCCCC3)cc2)c2ccc(N3CCCCC3)cc2)C(c2ccc(N3CCCCC3)cc2)(c2ccc(N3CCCCC3)cc2)C15. The van der Waals surface area contributed by atoms with Crippen LogP contribution in [0.5, 0.6) is 0 Å². The molecule has 5 aromatic rings. The molecule has 0 radical (unpaired) electrons. The highest BCUT2D eigenvalue weighted by Crippen LogP contribution is 2.92. The smallest absolute Gasteiger partial charge is 0.339 e. The average Bonchev–Trinajstić information content (AvgIpc) is 4.15. The zero-order valence-corrected chi connectivity index (χ0v) is 36.1. The van der Waals surface area contributed by atoms with E-state index in [0.717, 1.165) is 57.9 Å². The first-order valence-electron chi connectivity index (χ1n) is 24.6. The zero-order chi connectivity index (χ0) is 40.8. The van der Waals surface area contributed by atoms with E-state index in [-0.39, 0.29) is 23.2 Å². The molecule has 3 unspecified atom stereocenters. The van der Waals surface area contributed by atoms with E-state index in [1.165, 1.54) is 150 Å². The number of hydrogen-bond acceptors (Lipinski definition) is 6. The van der Waals surface area contributed by atoms with Crippen LogP contribution in [-0.4, -0.2) is 58.3 Å². The number of ether oxygens (including phenoxy) is 1. The fourth-order valence-electron chi connectivity index (χ4n) is 14.7. The van der Waals surface area contributed by atoms with Gasteiger partial charge < -0.3 is 24.3 Å². The van der Waals surface area contributed by atoms with Crippen LogP contribution >= 0.6 is 0 Å². The Labute approximate surface area is 366 Å². The summed E-state index contributed by atoms with van der Waals surface area (Å²) in [7, 11) is 0. The normalized spacial score (nSPS) is 26.7. The molecular formula is C56H58N4O2. The molecule has 314 valence electrons. The highest BCUT2D eigenvalue weighted by atomic mass is 16.6. The van der Waals surface area contributed by atoms with Crippen molar-refractivity contribution in [1.29, 1.82) is 0 Å². The van der Waals surface area contributed by atoms with Gasteiger partial charge in [0, 0.05) is 92.5 Å². The second-order valence-corrected chi connectivity index (χ2v) is 20.4. The Morgan fingerprint density at radius 2 is 0.758 bits per heavy atom. The summed E-state index contributed by atoms with van der Waals surface area (Å²) in [6.45, 7) is 9.04. The van der Waals surface area contributed by atoms with Gasteiger partial charge in [0.1, 0.15) is 0 Å². The van der Waals surface area contributed by atoms with Gasteiger partial charge in [0.2, 0.25) is 0 Å². The highest BCUT2D eigenvalue weighted by molar-refractivity contribution is 6.09. The van der Waals surface area contributed by atoms with Crippen LogP contribution in [-0.2, 0) is 21.2 Å². The Morgan fingerprint density at radius 1 is 0.403 bits per heavy atom. The van der Waals surface area contributed by atoms with E-state index >= 15 is 0 Å². The second-order valence-electron chi connectivity index (χ2n) is 20.4. The summed E-state index contributed by atoms with van der Waals surface area (Å²) in [6, 6.07) is 38.5. The highest BCUT2D eigenvalue weighted by Gasteiger charge is 2.93. The lowest BCUT2D eigenvalue weighted by Gasteiger charge is -2.45. The Hall–Kier alpha value is -5.23. The van der Waals surface area contributed by atoms with Crippen LogP contribution < -0.4 is 19.6 Å². The standard InChI is InChI=1S/C56H58N4O2/c61-53-47-45-46-49(45)54(37-13-21-41(22-14-37)57-29-5-1-6-30-57,38-15-23-42(24-16-38)58-31-7-2-8-32-58)50(46)48-51(47)56(62-53)52(48)55(56,39-17-25-43(26-18-39)59-33-9-3-10-34-59)40-19-27-44(28-20-40)60-35-11-4-12-36-60/h13-28,49,52H,1-12,29-36H2. The van der Waals surface area contributed by atoms with Gasteiger partial charge in [-0.15, -0.1) is 0 Å². The molecule has 5 fully saturated rings. The van der Waals surface area contributed by atoms with E-state index < -0.39 is 11.0 Å². The van der Waals surface area contributed by atoms with Gasteiger partial charge in [-0.1, -0.05) is 48.5 Å². The topological polar surface area (TPSA) is 39.3 Å². The van der Waals surface area contributed by atoms with Crippen molar-refractivity contribution in [3.05, 3.63) is 153 Å². The summed E-state index contributed by atoms with van der Waals surface area (Å²) >= 11 is 0. The maximum Gasteiger partial charge on any atom is 0.339 e. The first-order valence-corrected chi connectivity index (χ1v) is 24.6. The lowest BCUT2D eigenvalue weighted by molar-refractivity contribution is 0.0210. The van der Waals surface area contributed by atoms with Gasteiger partial charge in [-0.2, -0.15) is 0 Å². The number of carbonyl (C=O) groups is 1. The van der Waals surface area contributed by atoms with Gasteiger partial charge in [-0.3, -0.25) is 0 Å². The molecule has 9 aliphatic rings. The molecule has 14 rings (SSSR count). The van der Waals surface area contributed by atoms with Crippen molar-refractivity contribution in [1.82, 2.24) is 0 Å². The molecule has 0 N–H and O–H groups in total. The summed E-state index contributed by atoms with van der Waals surface area (Å²) in [6.07, 6.45) is 15.4. The van der Waals surface area contributed by atoms with Gasteiger partial charge in [0.05, 0.1) is 16.4 Å². The number of benzene rings is 5. The quantitative estimate of drug-likeness (QED) is 0.145. The predicted octanol–water partition coefficient (Wildman–Crippen LogP) is 10.9. The summed E-state index contributed by atoms with van der Waals surface area (Å²) < 4.78 is 6.95. The second kappa shape index (κ2) is 13.2. The molecule has 1 spiro atoms. The predicted molar refractivity (Wildman–Crippen MR) is 249 cm³/mol. The molecule has 3 atom stereocenters. The largest absolute Gasteiger partial charge is 0.448 e. The molecule has 0 aromatic heterocycles. The van der Waals surface area contributed by atoms with Crippen molar-refractivity contribution >= 4 is 28.7 Å². The molecule has 1 saturated carbocycles. The summed E-state index contributed by atoms with van der Waals surface area (Å²) in [5.74, 6) is 0.185. The molecule has 0 bridgehead atoms. The first kappa shape index (κ1) is 36.3. The third kappa shape index (κ3) is 4.54. The van der Waals surface area contributed by atoms with E-state index in [1.807, 2.05) is 0 Å². The maximum absolute atomic E-state index is 14.7. The van der Waals surface area contributed by atoms with Gasteiger partial charge in [0.15, 0.2) is 5.60 Å². The van der Waals surface area contributed by atoms with Crippen LogP contribution in [0, 0.1) is 0 Å². The molecule has 62 heavy (non-hydrogen) atoms. The Bertz CT molecular complexity index is 2490. The fraction of sp³-hybridized carbons (Fsp3) is 0.446. The molecule has 6 heteroatoms. The summed E-state index contributed by atoms with van der Waals surface area (Å²) in [5, 5.41) is 0. The Kier molecular flexibility index (Phi) is 7.70. The molecular weight excluding hydrogens is 761 g/mol. The number of hydrogen-bond donors (Lipinski definition) is 0. The van der Waals surface area contributed by atoms with E-state index in [2.05, 4.69) is 117 Å². The van der Waals surface area contributed by atoms with Gasteiger partial charge in [-0.05, 0) is 170 Å². The molecule has 4 saturated heterocycles. The van der Waals surface area contributed by atoms with Crippen molar-refractivity contribution in [2.45, 2.75) is 105 Å². The fourth-order valence-corrected chi connectivity index (χ4v) is 14.7. The van der Waals surface area contributed by atoms with Crippen LogP contribution in [0.2, 0.25) is 0 Å². The third-order valence-corrected chi connectivity index (χ3v) is 17.6. The Balaban J connectivity index is 0.933. The van der Waals surface area contributed by atoms with Crippen LogP contribution in [0.1, 0.15) is 149 Å². The van der Waals surface area contributed by atoms with Crippen LogP contribution in [0.4, 0.5) is 22.7 Å². The van der Waals surface area contributed by atoms with E-state index in [1.54, 1.807) is 0 Å². The number of carbonyl (C=O) groups excluding carboxylic acids is 1. The lowest BCUT2D eigenvalue weighted by atomic mass is 9.56. The Morgan fingerprint density at radius 3 is 1.13 bits per heavy atom. The van der Waals surface area contributed by atoms with Crippen LogP contribution in [0.3, 0.4) is 0 Å². The van der Waals surface area contributed by atoms with E-state index in [4.69, 9.17) is 4.74 Å². The van der Waals surface area contributed by atoms with Crippen molar-refractivity contribution in [2.24, 2.45) is 0 Å². The lowest BCUT2D eigenvalue weighted by Crippen LogP contribution is -2.40. The minimum absolute atomic E-state index is 0.0679. The van der Waals surface area contributed by atoms with Crippen molar-refractivity contribution in [2.75, 3.05) is 72.0 Å². The number of nitrogens with zero attached hydrogens (tertiary/aromatic N) is 4. The van der Waals surface area contributed by atoms with Crippen molar-refractivity contribution in [3.8, 4) is 0 Å². The molecule has 5 aromatic carbocycles. The third-order valence-electron chi connectivity index (χ3n) is 17.6. The minimum Gasteiger partial charge on any atom is -0.448 e. The monoisotopic (exact) mass is 818 g/mol. The number of rotatable bonds is 8. The van der Waals surface area contributed by atoms with Gasteiger partial charge in [-0.25, -0.2) is 4.79 Å². The zero-order valence-electron chi connectivity index (χ0n) is 36.1. The maximum atomic E-state index is 14.7. The molecule has 0 amide bonds. The molecule has 5 aliphatic heterocycles. The van der Waals surface area contributed by atoms with Gasteiger partial charge >= 0.3 is 5.97 Å². The summed E-state index contributed by atoms with van der Waals surface area (Å²) in [4.78, 5) is 25.0. The average molecular weight is 819 g/mol. The van der Waals surface area contributed by atoms with Gasteiger partial charge in [0.25, 0.3) is 0 Å². The van der Waals surface area contributed by atoms with Crippen LogP contribution in [0.25, 0.3) is 0 Å². The van der Waals surface area contributed by atoms with E-state index in [9.17, 15) is 4.79 Å². The summed E-state index contributed by atoms with van der Waals surface area (Å²) in [5.41, 5.74) is 16.9. The van der Waals surface area contributed by atoms with Crippen molar-refractivity contribution in [3.63, 3.8) is 0 Å².